The first kappa shape index (κ1) is 16.7. The molecule has 2 rings (SSSR count). The van der Waals surface area contributed by atoms with Crippen LogP contribution in [0.4, 0.5) is 21.9 Å². The summed E-state index contributed by atoms with van der Waals surface area (Å²) < 4.78 is 5.04. The minimum atomic E-state index is -1.13. The largest absolute Gasteiger partial charge is 0.495 e. The molecule has 0 aromatic heterocycles. The standard InChI is InChI=1S/C15H13N3O6/c1-24-13-6-5-11(18(22)23)8-12(13)17-15(21)16-10-4-2-3-9(7-10)14(19)20/h2-8H,1H3,(H,19,20)(H2,16,17,21). The highest BCUT2D eigenvalue weighted by Gasteiger charge is 2.14. The zero-order chi connectivity index (χ0) is 17.7. The van der Waals surface area contributed by atoms with E-state index in [1.807, 2.05) is 0 Å². The number of hydrogen-bond donors (Lipinski definition) is 3. The Hall–Kier alpha value is -3.62. The fraction of sp³-hybridized carbons (Fsp3) is 0.0667. The molecule has 0 saturated carbocycles. The van der Waals surface area contributed by atoms with E-state index in [0.717, 1.165) is 6.07 Å². The van der Waals surface area contributed by atoms with Crippen LogP contribution < -0.4 is 15.4 Å². The van der Waals surface area contributed by atoms with Crippen LogP contribution in [0.1, 0.15) is 10.4 Å². The summed E-state index contributed by atoms with van der Waals surface area (Å²) in [5.74, 6) is -0.880. The van der Waals surface area contributed by atoms with Crippen LogP contribution in [0.3, 0.4) is 0 Å². The van der Waals surface area contributed by atoms with Gasteiger partial charge in [-0.25, -0.2) is 9.59 Å². The Bertz CT molecular complexity index is 806. The van der Waals surface area contributed by atoms with E-state index in [-0.39, 0.29) is 28.4 Å². The van der Waals surface area contributed by atoms with Crippen LogP contribution in [0, 0.1) is 10.1 Å². The second-order valence-corrected chi connectivity index (χ2v) is 4.61. The summed E-state index contributed by atoms with van der Waals surface area (Å²) in [4.78, 5) is 33.1. The van der Waals surface area contributed by atoms with E-state index in [2.05, 4.69) is 10.6 Å². The molecule has 2 aromatic carbocycles. The summed E-state index contributed by atoms with van der Waals surface area (Å²) in [5, 5.41) is 24.6. The van der Waals surface area contributed by atoms with Crippen LogP contribution >= 0.6 is 0 Å². The molecule has 9 heteroatoms. The molecule has 0 radical (unpaired) electrons. The third-order valence-corrected chi connectivity index (χ3v) is 3.01. The molecule has 0 atom stereocenters. The number of rotatable bonds is 5. The monoisotopic (exact) mass is 331 g/mol. The van der Waals surface area contributed by atoms with Gasteiger partial charge in [0.05, 0.1) is 23.3 Å². The van der Waals surface area contributed by atoms with Gasteiger partial charge in [-0.15, -0.1) is 0 Å². The van der Waals surface area contributed by atoms with Crippen LogP contribution in [0.2, 0.25) is 0 Å². The van der Waals surface area contributed by atoms with Crippen LogP contribution in [0.5, 0.6) is 5.75 Å². The number of hydrogen-bond acceptors (Lipinski definition) is 5. The highest BCUT2D eigenvalue weighted by molar-refractivity contribution is 6.01. The predicted octanol–water partition coefficient (Wildman–Crippen LogP) is 2.95. The first-order valence-electron chi connectivity index (χ1n) is 6.64. The molecule has 0 aliphatic carbocycles. The maximum atomic E-state index is 12.0. The normalized spacial score (nSPS) is 9.88. The zero-order valence-electron chi connectivity index (χ0n) is 12.5. The van der Waals surface area contributed by atoms with E-state index < -0.39 is 16.9 Å². The SMILES string of the molecule is COc1ccc([N+](=O)[O-])cc1NC(=O)Nc1cccc(C(=O)O)c1. The van der Waals surface area contributed by atoms with Crippen molar-refractivity contribution in [1.29, 1.82) is 0 Å². The number of aromatic carboxylic acids is 1. The molecule has 2 amide bonds. The number of nitrogens with zero attached hydrogens (tertiary/aromatic N) is 1. The third kappa shape index (κ3) is 3.97. The minimum Gasteiger partial charge on any atom is -0.495 e. The van der Waals surface area contributed by atoms with Gasteiger partial charge in [-0.2, -0.15) is 0 Å². The van der Waals surface area contributed by atoms with Gasteiger partial charge in [0, 0.05) is 17.8 Å². The summed E-state index contributed by atoms with van der Waals surface area (Å²) in [6.07, 6.45) is 0. The van der Waals surface area contributed by atoms with Gasteiger partial charge in [0.2, 0.25) is 0 Å². The molecule has 0 unspecified atom stereocenters. The fourth-order valence-electron chi connectivity index (χ4n) is 1.92. The van der Waals surface area contributed by atoms with E-state index >= 15 is 0 Å². The number of methoxy groups -OCH3 is 1. The number of nitrogens with one attached hydrogen (secondary N) is 2. The van der Waals surface area contributed by atoms with Crippen molar-refractivity contribution in [2.24, 2.45) is 0 Å². The lowest BCUT2D eigenvalue weighted by Crippen LogP contribution is -2.20. The maximum absolute atomic E-state index is 12.0. The molecule has 0 saturated heterocycles. The fourth-order valence-corrected chi connectivity index (χ4v) is 1.92. The molecule has 0 bridgehead atoms. The maximum Gasteiger partial charge on any atom is 0.335 e. The molecular weight excluding hydrogens is 318 g/mol. The van der Waals surface area contributed by atoms with Crippen molar-refractivity contribution in [2.45, 2.75) is 0 Å². The molecule has 2 aromatic rings. The van der Waals surface area contributed by atoms with Crippen LogP contribution in [-0.2, 0) is 0 Å². The number of carbonyl (C=O) groups excluding carboxylic acids is 1. The molecule has 0 aliphatic heterocycles. The molecule has 0 heterocycles. The van der Waals surface area contributed by atoms with E-state index in [1.54, 1.807) is 0 Å². The minimum absolute atomic E-state index is 0.0146. The van der Waals surface area contributed by atoms with Crippen LogP contribution in [0.15, 0.2) is 42.5 Å². The average Bonchev–Trinajstić information content (AvgIpc) is 2.54. The molecule has 24 heavy (non-hydrogen) atoms. The van der Waals surface area contributed by atoms with E-state index in [1.165, 1.54) is 43.5 Å². The van der Waals surface area contributed by atoms with Crippen molar-refractivity contribution in [3.05, 3.63) is 58.1 Å². The number of non-ortho nitro benzene ring substituents is 1. The van der Waals surface area contributed by atoms with E-state index in [9.17, 15) is 19.7 Å². The van der Waals surface area contributed by atoms with Gasteiger partial charge >= 0.3 is 12.0 Å². The smallest absolute Gasteiger partial charge is 0.335 e. The van der Waals surface area contributed by atoms with Gasteiger partial charge in [-0.3, -0.25) is 10.1 Å². The topological polar surface area (TPSA) is 131 Å². The first-order valence-corrected chi connectivity index (χ1v) is 6.64. The number of carboxylic acid groups (broad SMARTS) is 1. The molecular formula is C15H13N3O6. The number of amides is 2. The van der Waals surface area contributed by atoms with Crippen molar-refractivity contribution >= 4 is 29.1 Å². The number of carbonyl (C=O) groups is 2. The molecule has 0 fully saturated rings. The number of carboxylic acids is 1. The highest BCUT2D eigenvalue weighted by atomic mass is 16.6. The van der Waals surface area contributed by atoms with E-state index in [0.29, 0.717) is 0 Å². The molecule has 124 valence electrons. The number of ether oxygens (including phenoxy) is 1. The Balaban J connectivity index is 2.17. The number of nitro groups is 1. The second kappa shape index (κ2) is 7.09. The van der Waals surface area contributed by atoms with Gasteiger partial charge in [0.1, 0.15) is 5.75 Å². The zero-order valence-corrected chi connectivity index (χ0v) is 12.5. The Morgan fingerprint density at radius 1 is 1.17 bits per heavy atom. The first-order chi connectivity index (χ1) is 11.4. The van der Waals surface area contributed by atoms with Crippen molar-refractivity contribution in [2.75, 3.05) is 17.7 Å². The second-order valence-electron chi connectivity index (χ2n) is 4.61. The Labute approximate surface area is 136 Å². The van der Waals surface area contributed by atoms with Crippen LogP contribution in [0.25, 0.3) is 0 Å². The number of nitro benzene ring substituents is 1. The molecule has 0 aliphatic rings. The van der Waals surface area contributed by atoms with Crippen molar-refractivity contribution in [3.8, 4) is 5.75 Å². The van der Waals surface area contributed by atoms with Crippen molar-refractivity contribution < 1.29 is 24.4 Å². The summed E-state index contributed by atoms with van der Waals surface area (Å²) in [6, 6.07) is 8.73. The average molecular weight is 331 g/mol. The molecule has 3 N–H and O–H groups in total. The Morgan fingerprint density at radius 3 is 2.54 bits per heavy atom. The summed E-state index contributed by atoms with van der Waals surface area (Å²) in [5.41, 5.74) is 0.176. The lowest BCUT2D eigenvalue weighted by molar-refractivity contribution is -0.384. The molecule has 9 nitrogen and oxygen atoms in total. The van der Waals surface area contributed by atoms with E-state index in [4.69, 9.17) is 9.84 Å². The van der Waals surface area contributed by atoms with Gasteiger partial charge in [-0.1, -0.05) is 6.07 Å². The van der Waals surface area contributed by atoms with Gasteiger partial charge in [0.15, 0.2) is 0 Å². The quantitative estimate of drug-likeness (QED) is 0.570. The highest BCUT2D eigenvalue weighted by Crippen LogP contribution is 2.29. The molecule has 0 spiro atoms. The van der Waals surface area contributed by atoms with Gasteiger partial charge in [0.25, 0.3) is 5.69 Å². The van der Waals surface area contributed by atoms with Gasteiger partial charge < -0.3 is 20.5 Å². The Kier molecular flexibility index (Phi) is 4.95. The van der Waals surface area contributed by atoms with Gasteiger partial charge in [-0.05, 0) is 24.3 Å². The number of anilines is 2. The summed E-state index contributed by atoms with van der Waals surface area (Å²) in [6.45, 7) is 0. The van der Waals surface area contributed by atoms with Crippen molar-refractivity contribution in [3.63, 3.8) is 0 Å². The summed E-state index contributed by atoms with van der Waals surface area (Å²) in [7, 11) is 1.36. The number of benzene rings is 2. The lowest BCUT2D eigenvalue weighted by atomic mass is 10.2. The third-order valence-electron chi connectivity index (χ3n) is 3.01. The predicted molar refractivity (Wildman–Crippen MR) is 85.7 cm³/mol. The van der Waals surface area contributed by atoms with Crippen LogP contribution in [-0.4, -0.2) is 29.1 Å². The Morgan fingerprint density at radius 2 is 1.92 bits per heavy atom. The summed E-state index contributed by atoms with van der Waals surface area (Å²) >= 11 is 0. The lowest BCUT2D eigenvalue weighted by Gasteiger charge is -2.11. The number of urea groups is 1. The van der Waals surface area contributed by atoms with Crippen molar-refractivity contribution in [1.82, 2.24) is 0 Å².